The Labute approximate surface area is 103 Å². The smallest absolute Gasteiger partial charge is 0.269 e. The monoisotopic (exact) mass is 248 g/mol. The van der Waals surface area contributed by atoms with E-state index in [1.807, 2.05) is 0 Å². The van der Waals surface area contributed by atoms with E-state index in [-0.39, 0.29) is 5.69 Å². The number of hydrogen-bond donors (Lipinski definition) is 1. The van der Waals surface area contributed by atoms with Crippen LogP contribution in [-0.4, -0.2) is 21.7 Å². The minimum Gasteiger partial charge on any atom is -0.421 e. The van der Waals surface area contributed by atoms with E-state index in [4.69, 9.17) is 10.2 Å². The van der Waals surface area contributed by atoms with Gasteiger partial charge in [-0.15, -0.1) is 10.2 Å². The molecule has 7 nitrogen and oxygen atoms in total. The van der Waals surface area contributed by atoms with Crippen LogP contribution in [0.1, 0.15) is 11.5 Å². The molecule has 1 heterocycles. The zero-order valence-electron chi connectivity index (χ0n) is 9.79. The van der Waals surface area contributed by atoms with Gasteiger partial charge in [-0.2, -0.15) is 0 Å². The summed E-state index contributed by atoms with van der Waals surface area (Å²) >= 11 is 0. The van der Waals surface area contributed by atoms with Gasteiger partial charge in [0.05, 0.1) is 4.92 Å². The molecular weight excluding hydrogens is 236 g/mol. The molecule has 0 aliphatic carbocycles. The van der Waals surface area contributed by atoms with Crippen molar-refractivity contribution in [2.75, 3.05) is 6.54 Å². The van der Waals surface area contributed by atoms with Crippen molar-refractivity contribution in [1.29, 1.82) is 0 Å². The SMILES string of the molecule is Cc1cc([N+](=O)[O-])ccc1-c1nnc(CCN)o1. The van der Waals surface area contributed by atoms with Crippen LogP contribution in [0.3, 0.4) is 0 Å². The summed E-state index contributed by atoms with van der Waals surface area (Å²) in [5.74, 6) is 0.816. The Bertz CT molecular complexity index is 579. The number of benzene rings is 1. The maximum absolute atomic E-state index is 10.6. The largest absolute Gasteiger partial charge is 0.421 e. The highest BCUT2D eigenvalue weighted by Gasteiger charge is 2.14. The van der Waals surface area contributed by atoms with Crippen molar-refractivity contribution in [3.63, 3.8) is 0 Å². The molecule has 0 aliphatic heterocycles. The molecule has 18 heavy (non-hydrogen) atoms. The predicted octanol–water partition coefficient (Wildman–Crippen LogP) is 1.45. The number of hydrogen-bond acceptors (Lipinski definition) is 6. The van der Waals surface area contributed by atoms with Crippen LogP contribution in [-0.2, 0) is 6.42 Å². The number of nitrogens with zero attached hydrogens (tertiary/aromatic N) is 3. The van der Waals surface area contributed by atoms with E-state index in [1.165, 1.54) is 12.1 Å². The van der Waals surface area contributed by atoms with E-state index in [9.17, 15) is 10.1 Å². The van der Waals surface area contributed by atoms with Crippen molar-refractivity contribution in [2.45, 2.75) is 13.3 Å². The van der Waals surface area contributed by atoms with Crippen molar-refractivity contribution in [2.24, 2.45) is 5.73 Å². The van der Waals surface area contributed by atoms with Crippen molar-refractivity contribution in [3.05, 3.63) is 39.8 Å². The van der Waals surface area contributed by atoms with Crippen LogP contribution >= 0.6 is 0 Å². The number of aryl methyl sites for hydroxylation is 1. The summed E-state index contributed by atoms with van der Waals surface area (Å²) < 4.78 is 5.42. The van der Waals surface area contributed by atoms with Gasteiger partial charge in [-0.25, -0.2) is 0 Å². The molecule has 0 bridgehead atoms. The lowest BCUT2D eigenvalue weighted by Crippen LogP contribution is -2.02. The second-order valence-corrected chi connectivity index (χ2v) is 3.80. The average molecular weight is 248 g/mol. The summed E-state index contributed by atoms with van der Waals surface area (Å²) in [7, 11) is 0. The molecule has 1 aromatic heterocycles. The molecule has 2 N–H and O–H groups in total. The summed E-state index contributed by atoms with van der Waals surface area (Å²) in [6, 6.07) is 4.49. The molecule has 0 aliphatic rings. The molecule has 0 radical (unpaired) electrons. The zero-order chi connectivity index (χ0) is 13.1. The average Bonchev–Trinajstić information content (AvgIpc) is 2.77. The van der Waals surface area contributed by atoms with Crippen molar-refractivity contribution < 1.29 is 9.34 Å². The molecule has 2 rings (SSSR count). The van der Waals surface area contributed by atoms with Gasteiger partial charge in [-0.05, 0) is 18.6 Å². The number of aromatic nitrogens is 2. The maximum Gasteiger partial charge on any atom is 0.269 e. The first-order chi connectivity index (χ1) is 8.61. The van der Waals surface area contributed by atoms with E-state index in [2.05, 4.69) is 10.2 Å². The molecule has 0 saturated carbocycles. The van der Waals surface area contributed by atoms with Crippen LogP contribution < -0.4 is 5.73 Å². The van der Waals surface area contributed by atoms with Crippen molar-refractivity contribution >= 4 is 5.69 Å². The topological polar surface area (TPSA) is 108 Å². The summed E-state index contributed by atoms with van der Waals surface area (Å²) in [5, 5.41) is 18.4. The Morgan fingerprint density at radius 3 is 2.83 bits per heavy atom. The minimum atomic E-state index is -0.440. The Hall–Kier alpha value is -2.28. The highest BCUT2D eigenvalue weighted by Crippen LogP contribution is 2.25. The van der Waals surface area contributed by atoms with Gasteiger partial charge in [0.2, 0.25) is 11.8 Å². The summed E-state index contributed by atoms with van der Waals surface area (Å²) in [5.41, 5.74) is 6.83. The van der Waals surface area contributed by atoms with Crippen LogP contribution in [0.15, 0.2) is 22.6 Å². The lowest BCUT2D eigenvalue weighted by molar-refractivity contribution is -0.384. The zero-order valence-corrected chi connectivity index (χ0v) is 9.79. The third kappa shape index (κ3) is 2.35. The van der Waals surface area contributed by atoms with E-state index < -0.39 is 4.92 Å². The highest BCUT2D eigenvalue weighted by molar-refractivity contribution is 5.60. The molecular formula is C11H12N4O3. The Balaban J connectivity index is 2.35. The molecule has 0 spiro atoms. The van der Waals surface area contributed by atoms with E-state index >= 15 is 0 Å². The number of non-ortho nitro benzene ring substituents is 1. The normalized spacial score (nSPS) is 10.6. The first kappa shape index (κ1) is 12.2. The van der Waals surface area contributed by atoms with Gasteiger partial charge < -0.3 is 10.2 Å². The van der Waals surface area contributed by atoms with Crippen molar-refractivity contribution in [1.82, 2.24) is 10.2 Å². The van der Waals surface area contributed by atoms with Crippen LogP contribution in [0.4, 0.5) is 5.69 Å². The Morgan fingerprint density at radius 2 is 2.22 bits per heavy atom. The van der Waals surface area contributed by atoms with Gasteiger partial charge in [-0.3, -0.25) is 10.1 Å². The quantitative estimate of drug-likeness (QED) is 0.648. The van der Waals surface area contributed by atoms with E-state index in [0.717, 1.165) is 0 Å². The van der Waals surface area contributed by atoms with Gasteiger partial charge in [0.1, 0.15) is 0 Å². The maximum atomic E-state index is 10.6. The molecule has 94 valence electrons. The third-order valence-electron chi connectivity index (χ3n) is 2.48. The molecule has 7 heteroatoms. The van der Waals surface area contributed by atoms with Gasteiger partial charge in [0.25, 0.3) is 5.69 Å². The fourth-order valence-electron chi connectivity index (χ4n) is 1.59. The number of nitro benzene ring substituents is 1. The second-order valence-electron chi connectivity index (χ2n) is 3.80. The molecule has 0 unspecified atom stereocenters. The first-order valence-corrected chi connectivity index (χ1v) is 5.39. The predicted molar refractivity (Wildman–Crippen MR) is 63.9 cm³/mol. The van der Waals surface area contributed by atoms with E-state index in [1.54, 1.807) is 13.0 Å². The lowest BCUT2D eigenvalue weighted by atomic mass is 10.1. The molecule has 0 saturated heterocycles. The minimum absolute atomic E-state index is 0.0398. The molecule has 0 atom stereocenters. The number of nitrogens with two attached hydrogens (primary N) is 1. The molecule has 0 fully saturated rings. The molecule has 1 aromatic carbocycles. The van der Waals surface area contributed by atoms with Crippen LogP contribution in [0, 0.1) is 17.0 Å². The van der Waals surface area contributed by atoms with Gasteiger partial charge in [0, 0.05) is 30.7 Å². The first-order valence-electron chi connectivity index (χ1n) is 5.39. The Kier molecular flexibility index (Phi) is 3.33. The third-order valence-corrected chi connectivity index (χ3v) is 2.48. The summed E-state index contributed by atoms with van der Waals surface area (Å²) in [6.07, 6.45) is 0.513. The highest BCUT2D eigenvalue weighted by atomic mass is 16.6. The molecule has 2 aromatic rings. The van der Waals surface area contributed by atoms with Gasteiger partial charge >= 0.3 is 0 Å². The van der Waals surface area contributed by atoms with Crippen LogP contribution in [0.2, 0.25) is 0 Å². The summed E-state index contributed by atoms with van der Waals surface area (Å²) in [4.78, 5) is 10.2. The van der Waals surface area contributed by atoms with Gasteiger partial charge in [0.15, 0.2) is 0 Å². The lowest BCUT2D eigenvalue weighted by Gasteiger charge is -2.00. The molecule has 0 amide bonds. The van der Waals surface area contributed by atoms with E-state index in [0.29, 0.717) is 35.9 Å². The second kappa shape index (κ2) is 4.92. The van der Waals surface area contributed by atoms with Crippen LogP contribution in [0.5, 0.6) is 0 Å². The van der Waals surface area contributed by atoms with Crippen molar-refractivity contribution in [3.8, 4) is 11.5 Å². The number of nitro groups is 1. The number of rotatable bonds is 4. The fourth-order valence-corrected chi connectivity index (χ4v) is 1.59. The van der Waals surface area contributed by atoms with Gasteiger partial charge in [-0.1, -0.05) is 0 Å². The van der Waals surface area contributed by atoms with Crippen LogP contribution in [0.25, 0.3) is 11.5 Å². The Morgan fingerprint density at radius 1 is 1.44 bits per heavy atom. The fraction of sp³-hybridized carbons (Fsp3) is 0.273. The standard InChI is InChI=1S/C11H12N4O3/c1-7-6-8(15(16)17)2-3-9(7)11-14-13-10(18-11)4-5-12/h2-3,6H,4-5,12H2,1H3. The summed E-state index contributed by atoms with van der Waals surface area (Å²) in [6.45, 7) is 2.19.